The molecule has 2 nitrogen and oxygen atoms in total. The van der Waals surface area contributed by atoms with Crippen LogP contribution in [0.25, 0.3) is 0 Å². The van der Waals surface area contributed by atoms with Crippen molar-refractivity contribution >= 4 is 11.8 Å². The van der Waals surface area contributed by atoms with E-state index in [4.69, 9.17) is 4.74 Å². The average Bonchev–Trinajstić information content (AvgIpc) is 2.46. The fourth-order valence-corrected chi connectivity index (χ4v) is 2.73. The molecule has 0 aromatic heterocycles. The van der Waals surface area contributed by atoms with Gasteiger partial charge in [0.15, 0.2) is 0 Å². The average molecular weight is 189 g/mol. The molecule has 0 amide bonds. The number of hydrogen-bond donors (Lipinski definition) is 1. The van der Waals surface area contributed by atoms with Gasteiger partial charge in [-0.2, -0.15) is 11.8 Å². The molecular formula is C9H19NOS. The number of rotatable bonds is 5. The highest BCUT2D eigenvalue weighted by molar-refractivity contribution is 8.00. The molecule has 0 radical (unpaired) electrons. The highest BCUT2D eigenvalue weighted by Gasteiger charge is 2.22. The van der Waals surface area contributed by atoms with Gasteiger partial charge >= 0.3 is 0 Å². The largest absolute Gasteiger partial charge is 0.385 e. The molecule has 12 heavy (non-hydrogen) atoms. The third-order valence-corrected chi connectivity index (χ3v) is 3.63. The second-order valence-electron chi connectivity index (χ2n) is 3.27. The molecule has 1 heterocycles. The molecule has 1 aliphatic heterocycles. The third kappa shape index (κ3) is 3.33. The maximum absolute atomic E-state index is 4.99. The van der Waals surface area contributed by atoms with Crippen molar-refractivity contribution < 1.29 is 4.74 Å². The van der Waals surface area contributed by atoms with E-state index in [1.165, 1.54) is 12.2 Å². The monoisotopic (exact) mass is 189 g/mol. The summed E-state index contributed by atoms with van der Waals surface area (Å²) in [5.41, 5.74) is 0. The zero-order chi connectivity index (χ0) is 8.81. The van der Waals surface area contributed by atoms with Crippen LogP contribution < -0.4 is 5.32 Å². The third-order valence-electron chi connectivity index (χ3n) is 2.31. The number of hydrogen-bond acceptors (Lipinski definition) is 3. The van der Waals surface area contributed by atoms with Crippen LogP contribution in [0.5, 0.6) is 0 Å². The van der Waals surface area contributed by atoms with Crippen molar-refractivity contribution in [2.45, 2.75) is 31.1 Å². The highest BCUT2D eigenvalue weighted by atomic mass is 32.2. The van der Waals surface area contributed by atoms with Crippen LogP contribution in [0.3, 0.4) is 0 Å². The quantitative estimate of drug-likeness (QED) is 0.662. The van der Waals surface area contributed by atoms with Crippen LogP contribution in [-0.2, 0) is 4.74 Å². The Morgan fingerprint density at radius 3 is 3.00 bits per heavy atom. The predicted molar refractivity (Wildman–Crippen MR) is 54.8 cm³/mol. The molecule has 0 bridgehead atoms. The van der Waals surface area contributed by atoms with Crippen molar-refractivity contribution in [1.29, 1.82) is 0 Å². The molecule has 72 valence electrons. The van der Waals surface area contributed by atoms with Crippen LogP contribution in [0.2, 0.25) is 0 Å². The molecule has 1 fully saturated rings. The van der Waals surface area contributed by atoms with Crippen LogP contribution in [-0.4, -0.2) is 37.3 Å². The van der Waals surface area contributed by atoms with Gasteiger partial charge in [0.2, 0.25) is 0 Å². The Kier molecular flexibility index (Phi) is 5.04. The first kappa shape index (κ1) is 10.4. The van der Waals surface area contributed by atoms with E-state index in [9.17, 15) is 0 Å². The van der Waals surface area contributed by atoms with Gasteiger partial charge < -0.3 is 10.1 Å². The minimum atomic E-state index is 0.742. The minimum Gasteiger partial charge on any atom is -0.385 e. The van der Waals surface area contributed by atoms with E-state index in [-0.39, 0.29) is 0 Å². The number of thioether (sulfide) groups is 1. The Bertz CT molecular complexity index is 121. The van der Waals surface area contributed by atoms with Gasteiger partial charge in [-0.15, -0.1) is 0 Å². The zero-order valence-electron chi connectivity index (χ0n) is 8.01. The van der Waals surface area contributed by atoms with Crippen LogP contribution in [0, 0.1) is 0 Å². The summed E-state index contributed by atoms with van der Waals surface area (Å²) in [5.74, 6) is 1.32. The lowest BCUT2D eigenvalue weighted by atomic mass is 10.2. The molecule has 0 aromatic carbocycles. The summed E-state index contributed by atoms with van der Waals surface area (Å²) in [6.45, 7) is 4.29. The lowest BCUT2D eigenvalue weighted by Crippen LogP contribution is -2.34. The molecule has 0 aromatic rings. The Balaban J connectivity index is 1.98. The lowest BCUT2D eigenvalue weighted by Gasteiger charge is -2.15. The van der Waals surface area contributed by atoms with Crippen molar-refractivity contribution in [2.75, 3.05) is 26.0 Å². The summed E-state index contributed by atoms with van der Waals surface area (Å²) in [6.07, 6.45) is 2.46. The molecule has 0 saturated carbocycles. The standard InChI is InChI=1S/C9H19NOS/c1-8-9(4-7-12-8)10-5-3-6-11-2/h8-10H,3-7H2,1-2H3. The molecule has 2 atom stereocenters. The summed E-state index contributed by atoms with van der Waals surface area (Å²) >= 11 is 2.08. The minimum absolute atomic E-state index is 0.742. The zero-order valence-corrected chi connectivity index (χ0v) is 8.82. The summed E-state index contributed by atoms with van der Waals surface area (Å²) < 4.78 is 4.99. The molecule has 1 aliphatic rings. The van der Waals surface area contributed by atoms with Crippen molar-refractivity contribution in [3.8, 4) is 0 Å². The molecule has 1 saturated heterocycles. The topological polar surface area (TPSA) is 21.3 Å². The first-order valence-corrected chi connectivity index (χ1v) is 5.73. The summed E-state index contributed by atoms with van der Waals surface area (Å²) in [7, 11) is 1.76. The van der Waals surface area contributed by atoms with Crippen molar-refractivity contribution in [3.05, 3.63) is 0 Å². The van der Waals surface area contributed by atoms with E-state index in [0.29, 0.717) is 0 Å². The molecular weight excluding hydrogens is 170 g/mol. The predicted octanol–water partition coefficient (Wildman–Crippen LogP) is 1.51. The molecule has 2 unspecified atom stereocenters. The molecule has 3 heteroatoms. The molecule has 0 aliphatic carbocycles. The van der Waals surface area contributed by atoms with Gasteiger partial charge in [-0.05, 0) is 25.1 Å². The van der Waals surface area contributed by atoms with Gasteiger partial charge in [0, 0.05) is 25.0 Å². The Morgan fingerprint density at radius 2 is 2.42 bits per heavy atom. The Hall–Kier alpha value is 0.270. The van der Waals surface area contributed by atoms with Crippen molar-refractivity contribution in [3.63, 3.8) is 0 Å². The Morgan fingerprint density at radius 1 is 1.58 bits per heavy atom. The maximum Gasteiger partial charge on any atom is 0.0474 e. The molecule has 1 N–H and O–H groups in total. The van der Waals surface area contributed by atoms with E-state index in [2.05, 4.69) is 24.0 Å². The molecule has 1 rings (SSSR count). The van der Waals surface area contributed by atoms with Crippen LogP contribution in [0.15, 0.2) is 0 Å². The lowest BCUT2D eigenvalue weighted by molar-refractivity contribution is 0.193. The summed E-state index contributed by atoms with van der Waals surface area (Å²) in [5, 5.41) is 4.36. The smallest absolute Gasteiger partial charge is 0.0474 e. The van der Waals surface area contributed by atoms with Crippen LogP contribution in [0.4, 0.5) is 0 Å². The summed E-state index contributed by atoms with van der Waals surface area (Å²) in [4.78, 5) is 0. The highest BCUT2D eigenvalue weighted by Crippen LogP contribution is 2.25. The second kappa shape index (κ2) is 5.84. The number of nitrogens with one attached hydrogen (secondary N) is 1. The fraction of sp³-hybridized carbons (Fsp3) is 1.00. The second-order valence-corrected chi connectivity index (χ2v) is 4.76. The van der Waals surface area contributed by atoms with Crippen molar-refractivity contribution in [1.82, 2.24) is 5.32 Å². The van der Waals surface area contributed by atoms with E-state index in [1.807, 2.05) is 0 Å². The van der Waals surface area contributed by atoms with E-state index in [0.717, 1.165) is 30.9 Å². The van der Waals surface area contributed by atoms with Gasteiger partial charge in [0.1, 0.15) is 0 Å². The van der Waals surface area contributed by atoms with Crippen molar-refractivity contribution in [2.24, 2.45) is 0 Å². The summed E-state index contributed by atoms with van der Waals surface area (Å²) in [6, 6.07) is 0.742. The number of ether oxygens (including phenoxy) is 1. The first-order valence-electron chi connectivity index (χ1n) is 4.68. The molecule has 0 spiro atoms. The maximum atomic E-state index is 4.99. The Labute approximate surface area is 79.4 Å². The van der Waals surface area contributed by atoms with Gasteiger partial charge in [-0.3, -0.25) is 0 Å². The van der Waals surface area contributed by atoms with E-state index < -0.39 is 0 Å². The normalized spacial score (nSPS) is 29.5. The van der Waals surface area contributed by atoms with Crippen LogP contribution >= 0.6 is 11.8 Å². The van der Waals surface area contributed by atoms with Gasteiger partial charge in [0.05, 0.1) is 0 Å². The van der Waals surface area contributed by atoms with E-state index in [1.54, 1.807) is 7.11 Å². The fourth-order valence-electron chi connectivity index (χ4n) is 1.50. The van der Waals surface area contributed by atoms with Gasteiger partial charge in [-0.1, -0.05) is 6.92 Å². The van der Waals surface area contributed by atoms with Gasteiger partial charge in [0.25, 0.3) is 0 Å². The SMILES string of the molecule is COCCCNC1CCSC1C. The first-order chi connectivity index (χ1) is 5.84. The van der Waals surface area contributed by atoms with Crippen LogP contribution in [0.1, 0.15) is 19.8 Å². The van der Waals surface area contributed by atoms with E-state index >= 15 is 0 Å². The van der Waals surface area contributed by atoms with Gasteiger partial charge in [-0.25, -0.2) is 0 Å². The number of methoxy groups -OCH3 is 1.